The zero-order valence-electron chi connectivity index (χ0n) is 27.7. The van der Waals surface area contributed by atoms with Crippen molar-refractivity contribution in [3.63, 3.8) is 0 Å². The second-order valence-electron chi connectivity index (χ2n) is 14.7. The topological polar surface area (TPSA) is 6.48 Å². The maximum atomic E-state index is 2.76. The first-order valence-electron chi connectivity index (χ1n) is 17.4. The summed E-state index contributed by atoms with van der Waals surface area (Å²) in [6, 6.07) is 48.1. The fraction of sp³-hybridized carbons (Fsp3) is 0.182. The molecule has 4 atom stereocenters. The number of anilines is 4. The summed E-state index contributed by atoms with van der Waals surface area (Å²) >= 11 is 2.03. The molecular weight excluding hydrogens is 599 g/mol. The van der Waals surface area contributed by atoms with E-state index in [0.29, 0.717) is 0 Å². The fourth-order valence-electron chi connectivity index (χ4n) is 11.0. The Kier molecular flexibility index (Phi) is 5.10. The van der Waals surface area contributed by atoms with E-state index in [-0.39, 0.29) is 29.5 Å². The minimum Gasteiger partial charge on any atom is -0.329 e. The quantitative estimate of drug-likeness (QED) is 0.131. The van der Waals surface area contributed by atoms with Crippen LogP contribution in [-0.4, -0.2) is 12.3 Å². The Hall–Kier alpha value is -4.80. The van der Waals surface area contributed by atoms with Gasteiger partial charge in [-0.25, -0.2) is 0 Å². The van der Waals surface area contributed by atoms with E-state index >= 15 is 0 Å². The number of benzene rings is 5. The maximum absolute atomic E-state index is 2.76. The molecule has 230 valence electrons. The van der Waals surface area contributed by atoms with Crippen molar-refractivity contribution >= 4 is 61.8 Å². The Morgan fingerprint density at radius 2 is 1.27 bits per heavy atom. The first-order chi connectivity index (χ1) is 23.5. The van der Waals surface area contributed by atoms with Crippen LogP contribution in [0.1, 0.15) is 49.6 Å². The highest BCUT2D eigenvalue weighted by Gasteiger charge is 2.66. The molecule has 2 nitrogen and oxygen atoms in total. The van der Waals surface area contributed by atoms with Crippen LogP contribution in [-0.2, 0) is 5.41 Å². The van der Waals surface area contributed by atoms with E-state index in [2.05, 4.69) is 165 Å². The summed E-state index contributed by atoms with van der Waals surface area (Å²) in [5, 5.41) is 1.43. The van der Waals surface area contributed by atoms with Gasteiger partial charge in [0.25, 0.3) is 0 Å². The highest BCUT2D eigenvalue weighted by Crippen LogP contribution is 2.69. The summed E-state index contributed by atoms with van der Waals surface area (Å²) in [4.78, 5) is 6.93. The average molecular weight is 635 g/mol. The fourth-order valence-corrected chi connectivity index (χ4v) is 12.5. The number of fused-ring (bicyclic) bond motifs is 12. The smallest absolute Gasteiger partial charge is 0.247 e. The summed E-state index contributed by atoms with van der Waals surface area (Å²) < 4.78 is 1.40. The van der Waals surface area contributed by atoms with Crippen molar-refractivity contribution in [2.45, 2.75) is 44.6 Å². The van der Waals surface area contributed by atoms with Crippen molar-refractivity contribution in [3.05, 3.63) is 166 Å². The van der Waals surface area contributed by atoms with Crippen molar-refractivity contribution in [3.8, 4) is 0 Å². The van der Waals surface area contributed by atoms with Gasteiger partial charge in [0.1, 0.15) is 0 Å². The first kappa shape index (κ1) is 27.2. The molecule has 5 aromatic carbocycles. The zero-order chi connectivity index (χ0) is 32.1. The van der Waals surface area contributed by atoms with Crippen LogP contribution in [0.25, 0.3) is 10.1 Å². The zero-order valence-corrected chi connectivity index (χ0v) is 28.5. The largest absolute Gasteiger partial charge is 0.329 e. The molecule has 4 heteroatoms. The number of hydrogen-bond donors (Lipinski definition) is 0. The number of para-hydroxylation sites is 4. The Bertz CT molecular complexity index is 2460. The molecule has 0 saturated carbocycles. The standard InChI is InChI=1S/C44H35BN2S/c1-26-37-27(2)39-41-44(4)40(37)43(3,42-38(26)29-18-8-15-25-36(29)48-42)30-19-9-12-22-33(30)47(44)35-24-14-11-21-32(35)45(41)31-20-10-13-23-34(31)46(39)28-16-6-5-7-17-28/h5-27H,1-4H3. The van der Waals surface area contributed by atoms with Gasteiger partial charge in [0.05, 0.1) is 11.0 Å². The molecule has 6 aromatic rings. The summed E-state index contributed by atoms with van der Waals surface area (Å²) in [6.45, 7) is 10.4. The lowest BCUT2D eigenvalue weighted by Gasteiger charge is -2.66. The third kappa shape index (κ3) is 2.91. The number of nitrogens with zero attached hydrogens (tertiary/aromatic N) is 2. The number of hydrogen-bond acceptors (Lipinski definition) is 3. The predicted octanol–water partition coefficient (Wildman–Crippen LogP) is 9.75. The molecule has 3 aliphatic heterocycles. The molecule has 1 aromatic heterocycles. The lowest BCUT2D eigenvalue weighted by Crippen LogP contribution is -2.71. The molecule has 48 heavy (non-hydrogen) atoms. The summed E-state index contributed by atoms with van der Waals surface area (Å²) in [7, 11) is 0. The van der Waals surface area contributed by atoms with Gasteiger partial charge in [0.15, 0.2) is 0 Å². The second-order valence-corrected chi connectivity index (χ2v) is 15.7. The van der Waals surface area contributed by atoms with Crippen LogP contribution >= 0.6 is 11.3 Å². The molecule has 4 unspecified atom stereocenters. The molecule has 4 heterocycles. The van der Waals surface area contributed by atoms with Gasteiger partial charge in [-0.3, -0.25) is 0 Å². The molecule has 0 N–H and O–H groups in total. The maximum Gasteiger partial charge on any atom is 0.247 e. The lowest BCUT2D eigenvalue weighted by atomic mass is 9.27. The second kappa shape index (κ2) is 9.01. The van der Waals surface area contributed by atoms with Crippen LogP contribution in [0.2, 0.25) is 0 Å². The van der Waals surface area contributed by atoms with Crippen LogP contribution < -0.4 is 20.7 Å². The van der Waals surface area contributed by atoms with E-state index in [0.717, 1.165) is 0 Å². The summed E-state index contributed by atoms with van der Waals surface area (Å²) in [5.41, 5.74) is 16.6. The minimum atomic E-state index is -0.373. The van der Waals surface area contributed by atoms with Gasteiger partial charge in [0, 0.05) is 49.9 Å². The van der Waals surface area contributed by atoms with Crippen LogP contribution in [0, 0.1) is 5.92 Å². The highest BCUT2D eigenvalue weighted by molar-refractivity contribution is 7.19. The van der Waals surface area contributed by atoms with Gasteiger partial charge in [-0.2, -0.15) is 0 Å². The van der Waals surface area contributed by atoms with Crippen molar-refractivity contribution < 1.29 is 0 Å². The third-order valence-corrected chi connectivity index (χ3v) is 14.0. The Balaban J connectivity index is 1.36. The van der Waals surface area contributed by atoms with Gasteiger partial charge in [0.2, 0.25) is 6.71 Å². The normalized spacial score (nSPS) is 25.8. The van der Waals surface area contributed by atoms with E-state index in [1.54, 1.807) is 16.6 Å². The van der Waals surface area contributed by atoms with Gasteiger partial charge < -0.3 is 9.80 Å². The van der Waals surface area contributed by atoms with Gasteiger partial charge in [-0.1, -0.05) is 110 Å². The summed E-state index contributed by atoms with van der Waals surface area (Å²) in [6.07, 6.45) is 0. The van der Waals surface area contributed by atoms with Crippen LogP contribution in [0.4, 0.5) is 22.7 Å². The molecule has 0 bridgehead atoms. The van der Waals surface area contributed by atoms with Crippen LogP contribution in [0.3, 0.4) is 0 Å². The molecule has 0 amide bonds. The number of thiophene rings is 1. The van der Waals surface area contributed by atoms with E-state index < -0.39 is 0 Å². The van der Waals surface area contributed by atoms with E-state index in [1.165, 1.54) is 65.5 Å². The molecular formula is C44H35BN2S. The SMILES string of the molecule is CC1C2=C3C(C)(c4ccccc4N4c5ccccc5B5C(=C1N(c1ccccc1)c1ccccc15)C34C)c1sc3ccccc3c1C2C. The van der Waals surface area contributed by atoms with Crippen molar-refractivity contribution in [2.75, 3.05) is 9.80 Å². The van der Waals surface area contributed by atoms with Crippen molar-refractivity contribution in [1.29, 1.82) is 0 Å². The van der Waals surface area contributed by atoms with Gasteiger partial charge in [-0.05, 0) is 88.7 Å². The lowest BCUT2D eigenvalue weighted by molar-refractivity contribution is 0.437. The Morgan fingerprint density at radius 3 is 2.06 bits per heavy atom. The van der Waals surface area contributed by atoms with E-state index in [4.69, 9.17) is 0 Å². The van der Waals surface area contributed by atoms with Crippen molar-refractivity contribution in [1.82, 2.24) is 0 Å². The van der Waals surface area contributed by atoms with E-state index in [1.807, 2.05) is 11.3 Å². The molecule has 2 aliphatic carbocycles. The average Bonchev–Trinajstić information content (AvgIpc) is 3.53. The van der Waals surface area contributed by atoms with E-state index in [9.17, 15) is 0 Å². The van der Waals surface area contributed by atoms with Gasteiger partial charge in [-0.15, -0.1) is 11.3 Å². The van der Waals surface area contributed by atoms with Crippen LogP contribution in [0.5, 0.6) is 0 Å². The van der Waals surface area contributed by atoms with Crippen LogP contribution in [0.15, 0.2) is 150 Å². The first-order valence-corrected chi connectivity index (χ1v) is 18.2. The monoisotopic (exact) mass is 634 g/mol. The Labute approximate surface area is 286 Å². The summed E-state index contributed by atoms with van der Waals surface area (Å²) in [5.74, 6) is 0.510. The molecule has 0 spiro atoms. The predicted molar refractivity (Wildman–Crippen MR) is 203 cm³/mol. The molecule has 11 rings (SSSR count). The molecule has 5 aliphatic rings. The number of allylic oxidation sites excluding steroid dienone is 1. The minimum absolute atomic E-state index is 0.165. The van der Waals surface area contributed by atoms with Gasteiger partial charge >= 0.3 is 0 Å². The molecule has 0 radical (unpaired) electrons. The molecule has 0 saturated heterocycles. The van der Waals surface area contributed by atoms with Crippen molar-refractivity contribution in [2.24, 2.45) is 5.92 Å². The molecule has 0 fully saturated rings. The number of rotatable bonds is 1. The Morgan fingerprint density at radius 1 is 0.646 bits per heavy atom. The third-order valence-electron chi connectivity index (χ3n) is 12.6. The highest BCUT2D eigenvalue weighted by atomic mass is 32.1.